The van der Waals surface area contributed by atoms with Gasteiger partial charge in [0.25, 0.3) is 5.60 Å². The molecule has 0 aliphatic carbocycles. The summed E-state index contributed by atoms with van der Waals surface area (Å²) < 4.78 is 40.7. The van der Waals surface area contributed by atoms with Gasteiger partial charge in [-0.2, -0.15) is 13.2 Å². The third-order valence-electron chi connectivity index (χ3n) is 1.50. The van der Waals surface area contributed by atoms with Crippen molar-refractivity contribution >= 4 is 6.29 Å². The minimum absolute atomic E-state index is 0.605. The van der Waals surface area contributed by atoms with Crippen molar-refractivity contribution in [1.29, 1.82) is 0 Å². The Bertz CT molecular complexity index is 290. The number of carbonyl (C=O) groups excluding carboxylic acids is 1. The molecule has 1 aromatic heterocycles. The van der Waals surface area contributed by atoms with Crippen LogP contribution < -0.4 is 0 Å². The molecule has 1 heterocycles. The number of hydrogen-bond acceptors (Lipinski definition) is 3. The molecule has 0 saturated heterocycles. The van der Waals surface area contributed by atoms with E-state index in [1.807, 2.05) is 0 Å². The quantitative estimate of drug-likeness (QED) is 0.720. The van der Waals surface area contributed by atoms with Crippen LogP contribution >= 0.6 is 0 Å². The predicted molar refractivity (Wildman–Crippen MR) is 34.7 cm³/mol. The molecule has 1 unspecified atom stereocenters. The molecule has 0 aromatic carbocycles. The highest BCUT2D eigenvalue weighted by Gasteiger charge is 2.57. The van der Waals surface area contributed by atoms with E-state index < -0.39 is 23.8 Å². The van der Waals surface area contributed by atoms with E-state index in [1.54, 1.807) is 0 Å². The summed E-state index contributed by atoms with van der Waals surface area (Å²) in [5.41, 5.74) is -3.55. The molecular weight excluding hydrogens is 189 g/mol. The predicted octanol–water partition coefficient (Wildman–Crippen LogP) is 1.23. The van der Waals surface area contributed by atoms with Gasteiger partial charge in [-0.1, -0.05) is 0 Å². The van der Waals surface area contributed by atoms with Gasteiger partial charge in [-0.25, -0.2) is 0 Å². The van der Waals surface area contributed by atoms with Crippen LogP contribution in [0.4, 0.5) is 13.2 Å². The molecule has 0 amide bonds. The second kappa shape index (κ2) is 2.88. The van der Waals surface area contributed by atoms with Gasteiger partial charge in [0.1, 0.15) is 0 Å². The molecule has 0 bridgehead atoms. The lowest BCUT2D eigenvalue weighted by atomic mass is 10.0. The molecule has 0 saturated carbocycles. The van der Waals surface area contributed by atoms with Gasteiger partial charge in [0.15, 0.2) is 12.0 Å². The molecule has 72 valence electrons. The summed E-state index contributed by atoms with van der Waals surface area (Å²) in [6.45, 7) is 0. The number of carbonyl (C=O) groups is 1. The molecule has 13 heavy (non-hydrogen) atoms. The number of rotatable bonds is 2. The maximum atomic E-state index is 12.1. The largest absolute Gasteiger partial charge is 0.465 e. The summed E-state index contributed by atoms with van der Waals surface area (Å²) in [5, 5.41) is 8.93. The van der Waals surface area contributed by atoms with E-state index in [2.05, 4.69) is 4.42 Å². The smallest absolute Gasteiger partial charge is 0.431 e. The van der Waals surface area contributed by atoms with Gasteiger partial charge in [0.05, 0.1) is 6.26 Å². The Morgan fingerprint density at radius 1 is 1.46 bits per heavy atom. The fraction of sp³-hybridized carbons (Fsp3) is 0.286. The van der Waals surface area contributed by atoms with Gasteiger partial charge in [0.2, 0.25) is 0 Å². The lowest BCUT2D eigenvalue weighted by molar-refractivity contribution is -0.254. The van der Waals surface area contributed by atoms with Crippen molar-refractivity contribution in [2.24, 2.45) is 0 Å². The van der Waals surface area contributed by atoms with Crippen molar-refractivity contribution in [3.8, 4) is 0 Å². The summed E-state index contributed by atoms with van der Waals surface area (Å²) in [6.07, 6.45) is -4.74. The second-order valence-corrected chi connectivity index (χ2v) is 2.36. The van der Waals surface area contributed by atoms with E-state index in [-0.39, 0.29) is 0 Å². The van der Waals surface area contributed by atoms with Gasteiger partial charge in [0, 0.05) is 0 Å². The molecule has 0 spiro atoms. The van der Waals surface area contributed by atoms with Gasteiger partial charge in [-0.05, 0) is 12.1 Å². The molecule has 1 atom stereocenters. The number of aliphatic hydroxyl groups is 1. The lowest BCUT2D eigenvalue weighted by Crippen LogP contribution is -2.43. The van der Waals surface area contributed by atoms with Crippen LogP contribution in [0, 0.1) is 0 Å². The van der Waals surface area contributed by atoms with E-state index in [4.69, 9.17) is 5.11 Å². The average molecular weight is 194 g/mol. The second-order valence-electron chi connectivity index (χ2n) is 2.36. The van der Waals surface area contributed by atoms with Crippen LogP contribution in [-0.4, -0.2) is 17.6 Å². The maximum Gasteiger partial charge on any atom is 0.431 e. The number of hydrogen-bond donors (Lipinski definition) is 1. The van der Waals surface area contributed by atoms with Crippen LogP contribution in [-0.2, 0) is 10.4 Å². The highest BCUT2D eigenvalue weighted by molar-refractivity contribution is 5.65. The van der Waals surface area contributed by atoms with Crippen molar-refractivity contribution in [2.75, 3.05) is 0 Å². The summed E-state index contributed by atoms with van der Waals surface area (Å²) in [6, 6.07) is 2.03. The van der Waals surface area contributed by atoms with Crippen LogP contribution in [0.3, 0.4) is 0 Å². The molecule has 0 fully saturated rings. The number of furan rings is 1. The van der Waals surface area contributed by atoms with Crippen molar-refractivity contribution in [3.05, 3.63) is 24.2 Å². The Labute approximate surface area is 70.8 Å². The first kappa shape index (κ1) is 9.79. The summed E-state index contributed by atoms with van der Waals surface area (Å²) >= 11 is 0. The van der Waals surface area contributed by atoms with Crippen LogP contribution in [0.2, 0.25) is 0 Å². The Morgan fingerprint density at radius 3 is 2.38 bits per heavy atom. The number of aldehydes is 1. The topological polar surface area (TPSA) is 50.4 Å². The lowest BCUT2D eigenvalue weighted by Gasteiger charge is -2.21. The third-order valence-corrected chi connectivity index (χ3v) is 1.50. The molecule has 6 heteroatoms. The number of halogens is 3. The van der Waals surface area contributed by atoms with Crippen molar-refractivity contribution in [3.63, 3.8) is 0 Å². The van der Waals surface area contributed by atoms with Crippen LogP contribution in [0.25, 0.3) is 0 Å². The van der Waals surface area contributed by atoms with Gasteiger partial charge in [-0.3, -0.25) is 4.79 Å². The van der Waals surface area contributed by atoms with Crippen molar-refractivity contribution in [1.82, 2.24) is 0 Å². The molecule has 3 nitrogen and oxygen atoms in total. The molecule has 1 N–H and O–H groups in total. The van der Waals surface area contributed by atoms with E-state index in [1.165, 1.54) is 0 Å². The Kier molecular flexibility index (Phi) is 2.17. The minimum atomic E-state index is -5.08. The Hall–Kier alpha value is -1.30. The highest BCUT2D eigenvalue weighted by Crippen LogP contribution is 2.37. The molecule has 0 aliphatic heterocycles. The first-order valence-corrected chi connectivity index (χ1v) is 3.21. The fourth-order valence-corrected chi connectivity index (χ4v) is 0.760. The van der Waals surface area contributed by atoms with E-state index in [0.717, 1.165) is 18.4 Å². The SMILES string of the molecule is O=CC(O)(c1ccco1)C(F)(F)F. The van der Waals surface area contributed by atoms with E-state index in [9.17, 15) is 18.0 Å². The first-order valence-electron chi connectivity index (χ1n) is 3.21. The Morgan fingerprint density at radius 2 is 2.08 bits per heavy atom. The van der Waals surface area contributed by atoms with Gasteiger partial charge in [-0.15, -0.1) is 0 Å². The Balaban J connectivity index is 3.16. The van der Waals surface area contributed by atoms with Crippen LogP contribution in [0.1, 0.15) is 5.76 Å². The van der Waals surface area contributed by atoms with E-state index in [0.29, 0.717) is 0 Å². The molecule has 0 radical (unpaired) electrons. The third kappa shape index (κ3) is 1.44. The standard InChI is InChI=1S/C7H5F3O3/c8-7(9,10)6(12,4-11)5-2-1-3-13-5/h1-4,12H. The zero-order valence-electron chi connectivity index (χ0n) is 6.21. The molecular formula is C7H5F3O3. The van der Waals surface area contributed by atoms with Crippen LogP contribution in [0.5, 0.6) is 0 Å². The highest BCUT2D eigenvalue weighted by atomic mass is 19.4. The van der Waals surface area contributed by atoms with E-state index >= 15 is 0 Å². The number of alkyl halides is 3. The van der Waals surface area contributed by atoms with Gasteiger partial charge < -0.3 is 9.52 Å². The zero-order chi connectivity index (χ0) is 10.1. The fourth-order valence-electron chi connectivity index (χ4n) is 0.760. The normalized spacial score (nSPS) is 16.6. The zero-order valence-corrected chi connectivity index (χ0v) is 6.21. The molecule has 1 aromatic rings. The summed E-state index contributed by atoms with van der Waals surface area (Å²) in [5.74, 6) is -0.838. The van der Waals surface area contributed by atoms with Crippen molar-refractivity contribution in [2.45, 2.75) is 11.8 Å². The monoisotopic (exact) mass is 194 g/mol. The summed E-state index contributed by atoms with van der Waals surface area (Å²) in [4.78, 5) is 10.1. The van der Waals surface area contributed by atoms with Crippen LogP contribution in [0.15, 0.2) is 22.8 Å². The van der Waals surface area contributed by atoms with Crippen molar-refractivity contribution < 1.29 is 27.5 Å². The summed E-state index contributed by atoms with van der Waals surface area (Å²) in [7, 11) is 0. The maximum absolute atomic E-state index is 12.1. The minimum Gasteiger partial charge on any atom is -0.465 e. The van der Waals surface area contributed by atoms with Gasteiger partial charge >= 0.3 is 6.18 Å². The average Bonchev–Trinajstić information content (AvgIpc) is 2.52. The molecule has 0 aliphatic rings. The first-order chi connectivity index (χ1) is 5.92. The molecule has 1 rings (SSSR count).